The van der Waals surface area contributed by atoms with Crippen LogP contribution >= 0.6 is 0 Å². The SMILES string of the molecule is CCN(CC)CCn1nnc(C(=O)O)c1CC(C)C. The molecule has 0 spiro atoms. The molecule has 0 fully saturated rings. The van der Waals surface area contributed by atoms with Crippen LogP contribution in [0.25, 0.3) is 0 Å². The number of nitrogens with zero attached hydrogens (tertiary/aromatic N) is 4. The third kappa shape index (κ3) is 4.31. The molecule has 0 aliphatic rings. The van der Waals surface area contributed by atoms with E-state index in [0.29, 0.717) is 18.9 Å². The minimum absolute atomic E-state index is 0.0910. The second kappa shape index (κ2) is 7.23. The number of carboxylic acid groups (broad SMARTS) is 1. The molecule has 0 saturated heterocycles. The Morgan fingerprint density at radius 2 is 2.00 bits per heavy atom. The smallest absolute Gasteiger partial charge is 0.358 e. The van der Waals surface area contributed by atoms with Crippen LogP contribution in [0.5, 0.6) is 0 Å². The number of hydrogen-bond donors (Lipinski definition) is 1. The van der Waals surface area contributed by atoms with Crippen molar-refractivity contribution in [2.24, 2.45) is 5.92 Å². The van der Waals surface area contributed by atoms with Gasteiger partial charge in [-0.15, -0.1) is 5.10 Å². The average Bonchev–Trinajstić information content (AvgIpc) is 2.73. The summed E-state index contributed by atoms with van der Waals surface area (Å²) in [6, 6.07) is 0. The van der Waals surface area contributed by atoms with Gasteiger partial charge in [0.1, 0.15) is 0 Å². The first-order chi connectivity index (χ1) is 8.99. The molecule has 0 aromatic carbocycles. The summed E-state index contributed by atoms with van der Waals surface area (Å²) >= 11 is 0. The van der Waals surface area contributed by atoms with Gasteiger partial charge in [-0.25, -0.2) is 9.48 Å². The zero-order valence-corrected chi connectivity index (χ0v) is 12.3. The van der Waals surface area contributed by atoms with Gasteiger partial charge in [-0.2, -0.15) is 0 Å². The summed E-state index contributed by atoms with van der Waals surface area (Å²) in [7, 11) is 0. The molecule has 1 rings (SSSR count). The first-order valence-electron chi connectivity index (χ1n) is 6.87. The molecule has 0 aliphatic carbocycles. The van der Waals surface area contributed by atoms with Crippen LogP contribution in [0.2, 0.25) is 0 Å². The summed E-state index contributed by atoms with van der Waals surface area (Å²) in [6.07, 6.45) is 0.687. The van der Waals surface area contributed by atoms with E-state index in [2.05, 4.69) is 42.9 Å². The van der Waals surface area contributed by atoms with Gasteiger partial charge in [0.25, 0.3) is 0 Å². The molecule has 0 bridgehead atoms. The third-order valence-electron chi connectivity index (χ3n) is 3.16. The lowest BCUT2D eigenvalue weighted by atomic mass is 10.1. The highest BCUT2D eigenvalue weighted by Crippen LogP contribution is 2.12. The lowest BCUT2D eigenvalue weighted by Crippen LogP contribution is -2.28. The number of carbonyl (C=O) groups is 1. The zero-order chi connectivity index (χ0) is 14.4. The molecule has 1 heterocycles. The number of aromatic carboxylic acids is 1. The fraction of sp³-hybridized carbons (Fsp3) is 0.769. The molecule has 108 valence electrons. The van der Waals surface area contributed by atoms with Crippen LogP contribution in [0.1, 0.15) is 43.9 Å². The van der Waals surface area contributed by atoms with Crippen LogP contribution in [-0.2, 0) is 13.0 Å². The molecule has 0 atom stereocenters. The standard InChI is InChI=1S/C13H24N4O2/c1-5-16(6-2)7-8-17-11(9-10(3)4)12(13(18)19)14-15-17/h10H,5-9H2,1-4H3,(H,18,19). The second-order valence-electron chi connectivity index (χ2n) is 5.04. The Balaban J connectivity index is 2.84. The number of aromatic nitrogens is 3. The highest BCUT2D eigenvalue weighted by Gasteiger charge is 2.19. The molecule has 19 heavy (non-hydrogen) atoms. The fourth-order valence-corrected chi connectivity index (χ4v) is 2.04. The maximum atomic E-state index is 11.1. The Hall–Kier alpha value is -1.43. The van der Waals surface area contributed by atoms with E-state index in [9.17, 15) is 4.79 Å². The van der Waals surface area contributed by atoms with E-state index < -0.39 is 5.97 Å². The largest absolute Gasteiger partial charge is 0.476 e. The van der Waals surface area contributed by atoms with Gasteiger partial charge < -0.3 is 10.0 Å². The molecule has 0 saturated carbocycles. The molecule has 0 unspecified atom stereocenters. The lowest BCUT2D eigenvalue weighted by Gasteiger charge is -2.18. The van der Waals surface area contributed by atoms with Crippen molar-refractivity contribution in [1.82, 2.24) is 19.9 Å². The van der Waals surface area contributed by atoms with Crippen LogP contribution < -0.4 is 0 Å². The van der Waals surface area contributed by atoms with E-state index in [-0.39, 0.29) is 5.69 Å². The summed E-state index contributed by atoms with van der Waals surface area (Å²) < 4.78 is 1.74. The quantitative estimate of drug-likeness (QED) is 0.774. The highest BCUT2D eigenvalue weighted by atomic mass is 16.4. The van der Waals surface area contributed by atoms with Gasteiger partial charge >= 0.3 is 5.97 Å². The molecule has 0 amide bonds. The monoisotopic (exact) mass is 268 g/mol. The van der Waals surface area contributed by atoms with Crippen molar-refractivity contribution in [1.29, 1.82) is 0 Å². The Morgan fingerprint density at radius 3 is 2.47 bits per heavy atom. The van der Waals surface area contributed by atoms with Crippen molar-refractivity contribution >= 4 is 5.97 Å². The van der Waals surface area contributed by atoms with E-state index in [1.807, 2.05) is 0 Å². The van der Waals surface area contributed by atoms with Crippen molar-refractivity contribution < 1.29 is 9.90 Å². The van der Waals surface area contributed by atoms with Gasteiger partial charge in [0.05, 0.1) is 12.2 Å². The average molecular weight is 268 g/mol. The predicted molar refractivity (Wildman–Crippen MR) is 73.3 cm³/mol. The number of rotatable bonds is 8. The van der Waals surface area contributed by atoms with Gasteiger partial charge in [0, 0.05) is 6.54 Å². The van der Waals surface area contributed by atoms with E-state index in [1.54, 1.807) is 4.68 Å². The maximum absolute atomic E-state index is 11.1. The van der Waals surface area contributed by atoms with Crippen molar-refractivity contribution in [3.63, 3.8) is 0 Å². The highest BCUT2D eigenvalue weighted by molar-refractivity contribution is 5.86. The molecule has 1 N–H and O–H groups in total. The Labute approximate surface area is 114 Å². The Morgan fingerprint density at radius 1 is 1.37 bits per heavy atom. The second-order valence-corrected chi connectivity index (χ2v) is 5.04. The minimum atomic E-state index is -0.996. The van der Waals surface area contributed by atoms with Crippen molar-refractivity contribution in [3.8, 4) is 0 Å². The summed E-state index contributed by atoms with van der Waals surface area (Å²) in [4.78, 5) is 13.4. The van der Waals surface area contributed by atoms with Gasteiger partial charge in [-0.1, -0.05) is 32.9 Å². The fourth-order valence-electron chi connectivity index (χ4n) is 2.04. The molecule has 1 aromatic rings. The number of carboxylic acids is 1. The van der Waals surface area contributed by atoms with E-state index in [0.717, 1.165) is 25.3 Å². The third-order valence-corrected chi connectivity index (χ3v) is 3.16. The van der Waals surface area contributed by atoms with Crippen LogP contribution in [0.3, 0.4) is 0 Å². The van der Waals surface area contributed by atoms with Crippen molar-refractivity contribution in [2.45, 2.75) is 40.7 Å². The summed E-state index contributed by atoms with van der Waals surface area (Å²) in [5.41, 5.74) is 0.822. The molecule has 6 heteroatoms. The van der Waals surface area contributed by atoms with Crippen LogP contribution in [-0.4, -0.2) is 50.6 Å². The van der Waals surface area contributed by atoms with Crippen LogP contribution in [0, 0.1) is 5.92 Å². The first kappa shape index (κ1) is 15.6. The number of likely N-dealkylation sites (N-methyl/N-ethyl adjacent to an activating group) is 1. The van der Waals surface area contributed by atoms with Gasteiger partial charge in [-0.3, -0.25) is 0 Å². The van der Waals surface area contributed by atoms with E-state index >= 15 is 0 Å². The van der Waals surface area contributed by atoms with Crippen LogP contribution in [0.15, 0.2) is 0 Å². The molecular formula is C13H24N4O2. The topological polar surface area (TPSA) is 71.2 Å². The molecule has 0 aliphatic heterocycles. The Kier molecular flexibility index (Phi) is 5.95. The van der Waals surface area contributed by atoms with E-state index in [4.69, 9.17) is 5.11 Å². The molecular weight excluding hydrogens is 244 g/mol. The first-order valence-corrected chi connectivity index (χ1v) is 6.87. The molecule has 6 nitrogen and oxygen atoms in total. The number of hydrogen-bond acceptors (Lipinski definition) is 4. The summed E-state index contributed by atoms with van der Waals surface area (Å²) in [5.74, 6) is -0.617. The normalized spacial score (nSPS) is 11.5. The minimum Gasteiger partial charge on any atom is -0.476 e. The predicted octanol–water partition coefficient (Wildman–Crippen LogP) is 1.52. The molecule has 0 radical (unpaired) electrons. The van der Waals surface area contributed by atoms with Crippen molar-refractivity contribution in [2.75, 3.05) is 19.6 Å². The van der Waals surface area contributed by atoms with Gasteiger partial charge in [-0.05, 0) is 25.4 Å². The van der Waals surface area contributed by atoms with Gasteiger partial charge in [0.15, 0.2) is 5.69 Å². The lowest BCUT2D eigenvalue weighted by molar-refractivity contribution is 0.0689. The maximum Gasteiger partial charge on any atom is 0.358 e. The molecule has 1 aromatic heterocycles. The zero-order valence-electron chi connectivity index (χ0n) is 12.3. The van der Waals surface area contributed by atoms with E-state index in [1.165, 1.54) is 0 Å². The summed E-state index contributed by atoms with van der Waals surface area (Å²) in [6.45, 7) is 11.9. The summed E-state index contributed by atoms with van der Waals surface area (Å²) in [5, 5.41) is 16.9. The van der Waals surface area contributed by atoms with Gasteiger partial charge in [0.2, 0.25) is 0 Å². The Bertz CT molecular complexity index is 411. The van der Waals surface area contributed by atoms with Crippen molar-refractivity contribution in [3.05, 3.63) is 11.4 Å². The van der Waals surface area contributed by atoms with Crippen LogP contribution in [0.4, 0.5) is 0 Å².